The summed E-state index contributed by atoms with van der Waals surface area (Å²) in [6, 6.07) is 3.74. The van der Waals surface area contributed by atoms with E-state index in [9.17, 15) is 4.79 Å². The standard InChI is InChI=1S/C14H14N4O2S/c1-20-8-6-16-13(19)11-12(10-2-4-15-5-3-10)18-7-9-21-14(18)17-11/h2-5,7,9H,6,8H2,1H3,(H,16,19). The van der Waals surface area contributed by atoms with Gasteiger partial charge in [0.25, 0.3) is 5.91 Å². The molecule has 0 aliphatic heterocycles. The van der Waals surface area contributed by atoms with Gasteiger partial charge >= 0.3 is 0 Å². The number of fused-ring (bicyclic) bond motifs is 1. The molecule has 0 fully saturated rings. The number of carbonyl (C=O) groups excluding carboxylic acids is 1. The Kier molecular flexibility index (Phi) is 3.94. The van der Waals surface area contributed by atoms with Crippen molar-refractivity contribution >= 4 is 22.2 Å². The molecule has 6 nitrogen and oxygen atoms in total. The summed E-state index contributed by atoms with van der Waals surface area (Å²) in [4.78, 5) is 21.6. The largest absolute Gasteiger partial charge is 0.383 e. The number of imidazole rings is 1. The van der Waals surface area contributed by atoms with Gasteiger partial charge in [-0.25, -0.2) is 4.98 Å². The maximum atomic E-state index is 12.3. The number of amides is 1. The molecular formula is C14H14N4O2S. The molecule has 0 spiro atoms. The highest BCUT2D eigenvalue weighted by atomic mass is 32.1. The summed E-state index contributed by atoms with van der Waals surface area (Å²) in [6.45, 7) is 0.925. The number of methoxy groups -OCH3 is 1. The van der Waals surface area contributed by atoms with Crippen LogP contribution in [0.1, 0.15) is 10.5 Å². The Morgan fingerprint density at radius 2 is 2.24 bits per heavy atom. The quantitative estimate of drug-likeness (QED) is 0.730. The van der Waals surface area contributed by atoms with E-state index < -0.39 is 0 Å². The zero-order valence-corrected chi connectivity index (χ0v) is 12.3. The summed E-state index contributed by atoms with van der Waals surface area (Å²) in [5.74, 6) is -0.199. The third-order valence-corrected chi connectivity index (χ3v) is 3.78. The lowest BCUT2D eigenvalue weighted by Crippen LogP contribution is -2.27. The van der Waals surface area contributed by atoms with Crippen LogP contribution in [0.15, 0.2) is 36.1 Å². The van der Waals surface area contributed by atoms with Crippen LogP contribution >= 0.6 is 11.3 Å². The zero-order valence-electron chi connectivity index (χ0n) is 11.4. The Labute approximate surface area is 125 Å². The van der Waals surface area contributed by atoms with Gasteiger partial charge in [-0.15, -0.1) is 11.3 Å². The highest BCUT2D eigenvalue weighted by Gasteiger charge is 2.20. The van der Waals surface area contributed by atoms with Crippen LogP contribution in [0.25, 0.3) is 16.2 Å². The second-order valence-corrected chi connectivity index (χ2v) is 5.22. The minimum atomic E-state index is -0.199. The van der Waals surface area contributed by atoms with E-state index in [0.29, 0.717) is 18.8 Å². The lowest BCUT2D eigenvalue weighted by molar-refractivity contribution is 0.0933. The Morgan fingerprint density at radius 1 is 1.43 bits per heavy atom. The average molecular weight is 302 g/mol. The lowest BCUT2D eigenvalue weighted by Gasteiger charge is -2.05. The summed E-state index contributed by atoms with van der Waals surface area (Å²) in [7, 11) is 1.60. The number of ether oxygens (including phenoxy) is 1. The first kappa shape index (κ1) is 13.7. The summed E-state index contributed by atoms with van der Waals surface area (Å²) < 4.78 is 6.86. The smallest absolute Gasteiger partial charge is 0.272 e. The summed E-state index contributed by atoms with van der Waals surface area (Å²) in [5, 5.41) is 4.75. The average Bonchev–Trinajstić information content (AvgIpc) is 3.08. The number of pyridine rings is 1. The summed E-state index contributed by atoms with van der Waals surface area (Å²) >= 11 is 1.49. The number of aromatic nitrogens is 3. The molecule has 7 heteroatoms. The molecule has 1 N–H and O–H groups in total. The van der Waals surface area contributed by atoms with Crippen LogP contribution in [0.5, 0.6) is 0 Å². The molecule has 0 unspecified atom stereocenters. The van der Waals surface area contributed by atoms with Crippen molar-refractivity contribution in [3.05, 3.63) is 41.8 Å². The first-order chi connectivity index (χ1) is 10.3. The molecule has 0 atom stereocenters. The number of thiazole rings is 1. The molecule has 0 saturated carbocycles. The molecule has 0 aliphatic carbocycles. The third kappa shape index (κ3) is 2.65. The van der Waals surface area contributed by atoms with Gasteiger partial charge in [-0.1, -0.05) is 0 Å². The number of hydrogen-bond acceptors (Lipinski definition) is 5. The molecule has 3 aromatic heterocycles. The van der Waals surface area contributed by atoms with Crippen LogP contribution < -0.4 is 5.32 Å². The van der Waals surface area contributed by atoms with E-state index in [2.05, 4.69) is 15.3 Å². The molecule has 21 heavy (non-hydrogen) atoms. The highest BCUT2D eigenvalue weighted by molar-refractivity contribution is 7.15. The maximum Gasteiger partial charge on any atom is 0.272 e. The Balaban J connectivity index is 2.02. The fraction of sp³-hybridized carbons (Fsp3) is 0.214. The monoisotopic (exact) mass is 302 g/mol. The van der Waals surface area contributed by atoms with Crippen molar-refractivity contribution in [3.63, 3.8) is 0 Å². The van der Waals surface area contributed by atoms with Gasteiger partial charge in [-0.2, -0.15) is 0 Å². The molecule has 3 aromatic rings. The van der Waals surface area contributed by atoms with E-state index in [4.69, 9.17) is 4.74 Å². The van der Waals surface area contributed by atoms with Crippen molar-refractivity contribution in [2.24, 2.45) is 0 Å². The first-order valence-electron chi connectivity index (χ1n) is 6.44. The van der Waals surface area contributed by atoms with Crippen LogP contribution in [0.4, 0.5) is 0 Å². The molecule has 0 aromatic carbocycles. The fourth-order valence-electron chi connectivity index (χ4n) is 2.08. The number of carbonyl (C=O) groups is 1. The van der Waals surface area contributed by atoms with Gasteiger partial charge in [0.05, 0.1) is 12.3 Å². The van der Waals surface area contributed by atoms with Crippen LogP contribution in [-0.2, 0) is 4.74 Å². The van der Waals surface area contributed by atoms with Gasteiger partial charge in [0.2, 0.25) is 0 Å². The van der Waals surface area contributed by atoms with Crippen LogP contribution in [-0.4, -0.2) is 40.5 Å². The molecule has 0 saturated heterocycles. The number of nitrogens with zero attached hydrogens (tertiary/aromatic N) is 3. The van der Waals surface area contributed by atoms with E-state index in [-0.39, 0.29) is 5.91 Å². The van der Waals surface area contributed by atoms with Crippen LogP contribution in [0.2, 0.25) is 0 Å². The van der Waals surface area contributed by atoms with Gasteiger partial charge in [0.15, 0.2) is 10.7 Å². The Bertz CT molecular complexity index is 751. The second kappa shape index (κ2) is 6.02. The van der Waals surface area contributed by atoms with Crippen LogP contribution in [0.3, 0.4) is 0 Å². The SMILES string of the molecule is COCCNC(=O)c1nc2sccn2c1-c1ccncc1. The topological polar surface area (TPSA) is 68.5 Å². The van der Waals surface area contributed by atoms with Gasteiger partial charge in [0.1, 0.15) is 0 Å². The van der Waals surface area contributed by atoms with E-state index >= 15 is 0 Å². The molecular weight excluding hydrogens is 288 g/mol. The van der Waals surface area contributed by atoms with E-state index in [1.54, 1.807) is 19.5 Å². The molecule has 0 radical (unpaired) electrons. The van der Waals surface area contributed by atoms with Crippen molar-refractivity contribution in [1.82, 2.24) is 19.7 Å². The first-order valence-corrected chi connectivity index (χ1v) is 7.32. The van der Waals surface area contributed by atoms with Crippen molar-refractivity contribution < 1.29 is 9.53 Å². The van der Waals surface area contributed by atoms with Gasteiger partial charge in [-0.3, -0.25) is 14.2 Å². The fourth-order valence-corrected chi connectivity index (χ4v) is 2.79. The molecule has 0 bridgehead atoms. The summed E-state index contributed by atoms with van der Waals surface area (Å²) in [6.07, 6.45) is 5.32. The van der Waals surface area contributed by atoms with Crippen LogP contribution in [0, 0.1) is 0 Å². The van der Waals surface area contributed by atoms with E-state index in [1.165, 1.54) is 11.3 Å². The number of hydrogen-bond donors (Lipinski definition) is 1. The number of nitrogens with one attached hydrogen (secondary N) is 1. The van der Waals surface area contributed by atoms with Crippen molar-refractivity contribution in [2.45, 2.75) is 0 Å². The zero-order chi connectivity index (χ0) is 14.7. The van der Waals surface area contributed by atoms with Gasteiger partial charge in [0, 0.05) is 43.2 Å². The van der Waals surface area contributed by atoms with Crippen molar-refractivity contribution in [3.8, 4) is 11.3 Å². The minimum Gasteiger partial charge on any atom is -0.383 e. The number of rotatable bonds is 5. The molecule has 108 valence electrons. The molecule has 3 rings (SSSR count). The Hall–Kier alpha value is -2.25. The van der Waals surface area contributed by atoms with E-state index in [1.807, 2.05) is 28.1 Å². The predicted molar refractivity (Wildman–Crippen MR) is 80.5 cm³/mol. The lowest BCUT2D eigenvalue weighted by atomic mass is 10.1. The van der Waals surface area contributed by atoms with Crippen molar-refractivity contribution in [1.29, 1.82) is 0 Å². The van der Waals surface area contributed by atoms with Crippen molar-refractivity contribution in [2.75, 3.05) is 20.3 Å². The van der Waals surface area contributed by atoms with Gasteiger partial charge in [-0.05, 0) is 12.1 Å². The minimum absolute atomic E-state index is 0.199. The highest BCUT2D eigenvalue weighted by Crippen LogP contribution is 2.27. The molecule has 0 aliphatic rings. The normalized spacial score (nSPS) is 10.9. The second-order valence-electron chi connectivity index (χ2n) is 4.35. The third-order valence-electron chi connectivity index (χ3n) is 3.02. The van der Waals surface area contributed by atoms with E-state index in [0.717, 1.165) is 16.2 Å². The van der Waals surface area contributed by atoms with Gasteiger partial charge < -0.3 is 10.1 Å². The molecule has 3 heterocycles. The maximum absolute atomic E-state index is 12.3. The molecule has 1 amide bonds. The Morgan fingerprint density at radius 3 is 3.00 bits per heavy atom. The summed E-state index contributed by atoms with van der Waals surface area (Å²) in [5.41, 5.74) is 2.11. The predicted octanol–water partition coefficient (Wildman–Crippen LogP) is 1.83.